The Hall–Kier alpha value is -1.00. The molecule has 0 bridgehead atoms. The van der Waals surface area contributed by atoms with Crippen LogP contribution in [0.25, 0.3) is 0 Å². The number of thioether (sulfide) groups is 1. The molecule has 52 valence electrons. The van der Waals surface area contributed by atoms with Crippen LogP contribution in [0.2, 0.25) is 0 Å². The van der Waals surface area contributed by atoms with Gasteiger partial charge in [0.1, 0.15) is 0 Å². The third-order valence-electron chi connectivity index (χ3n) is 0.935. The average Bonchev–Trinajstić information content (AvgIpc) is 2.00. The lowest BCUT2D eigenvalue weighted by Gasteiger charge is -1.97. The van der Waals surface area contributed by atoms with Gasteiger partial charge in [-0.25, -0.2) is 0 Å². The molecule has 0 rings (SSSR count). The summed E-state index contributed by atoms with van der Waals surface area (Å²) in [6, 6.07) is 3.68. The molecular formula is C6H7N3S. The van der Waals surface area contributed by atoms with Crippen molar-refractivity contribution >= 4 is 16.8 Å². The highest BCUT2D eigenvalue weighted by Crippen LogP contribution is 2.07. The maximum absolute atomic E-state index is 8.39. The highest BCUT2D eigenvalue weighted by Gasteiger charge is 2.11. The van der Waals surface area contributed by atoms with Gasteiger partial charge in [-0.1, -0.05) is 0 Å². The van der Waals surface area contributed by atoms with Gasteiger partial charge in [0.05, 0.1) is 17.2 Å². The first kappa shape index (κ1) is 9.00. The van der Waals surface area contributed by atoms with Crippen LogP contribution >= 0.6 is 11.8 Å². The number of hydrogen-bond donors (Lipinski definition) is 0. The van der Waals surface area contributed by atoms with E-state index >= 15 is 0 Å². The number of hydrogen-bond acceptors (Lipinski definition) is 4. The molecule has 0 saturated carbocycles. The zero-order chi connectivity index (χ0) is 7.98. The Kier molecular flexibility index (Phi) is 4.36. The molecule has 0 spiro atoms. The largest absolute Gasteiger partial charge is 0.284 e. The van der Waals surface area contributed by atoms with Gasteiger partial charge in [-0.15, -0.1) is 11.8 Å². The molecule has 10 heavy (non-hydrogen) atoms. The van der Waals surface area contributed by atoms with Gasteiger partial charge >= 0.3 is 0 Å². The second kappa shape index (κ2) is 4.84. The molecule has 0 aromatic rings. The highest BCUT2D eigenvalue weighted by molar-refractivity contribution is 8.13. The minimum atomic E-state index is -0.694. The normalized spacial score (nSPS) is 10.7. The molecule has 0 amide bonds. The zero-order valence-corrected chi connectivity index (χ0v) is 6.64. The second-order valence-corrected chi connectivity index (χ2v) is 2.28. The quantitative estimate of drug-likeness (QED) is 0.417. The van der Waals surface area contributed by atoms with Gasteiger partial charge in [-0.2, -0.15) is 10.5 Å². The lowest BCUT2D eigenvalue weighted by Crippen LogP contribution is -2.05. The van der Waals surface area contributed by atoms with Crippen molar-refractivity contribution < 1.29 is 0 Å². The molecule has 0 atom stereocenters. The van der Waals surface area contributed by atoms with Gasteiger partial charge in [0, 0.05) is 7.05 Å². The van der Waals surface area contributed by atoms with Crippen molar-refractivity contribution in [3.8, 4) is 12.1 Å². The summed E-state index contributed by atoms with van der Waals surface area (Å²) in [6.45, 7) is 0. The van der Waals surface area contributed by atoms with Gasteiger partial charge in [0.15, 0.2) is 5.92 Å². The van der Waals surface area contributed by atoms with Crippen molar-refractivity contribution in [1.82, 2.24) is 0 Å². The number of nitrogens with zero attached hydrogens (tertiary/aromatic N) is 3. The fourth-order valence-corrected chi connectivity index (χ4v) is 1.00. The van der Waals surface area contributed by atoms with Gasteiger partial charge < -0.3 is 0 Å². The summed E-state index contributed by atoms with van der Waals surface area (Å²) < 4.78 is 0. The van der Waals surface area contributed by atoms with Crippen LogP contribution in [0.4, 0.5) is 0 Å². The molecule has 0 aliphatic rings. The molecule has 0 radical (unpaired) electrons. The van der Waals surface area contributed by atoms with E-state index in [1.165, 1.54) is 11.8 Å². The molecule has 0 fully saturated rings. The molecule has 0 aromatic carbocycles. The van der Waals surface area contributed by atoms with E-state index in [0.717, 1.165) is 0 Å². The van der Waals surface area contributed by atoms with Crippen LogP contribution in [0.1, 0.15) is 0 Å². The molecule has 0 saturated heterocycles. The Morgan fingerprint density at radius 1 is 1.50 bits per heavy atom. The highest BCUT2D eigenvalue weighted by atomic mass is 32.2. The summed E-state index contributed by atoms with van der Waals surface area (Å²) in [5.74, 6) is -0.694. The standard InChI is InChI=1S/C6H7N3S/c1-9-6(10-2)5(3-7)4-8/h5H,1-2H3. The second-order valence-electron chi connectivity index (χ2n) is 1.46. The van der Waals surface area contributed by atoms with Crippen LogP contribution < -0.4 is 0 Å². The van der Waals surface area contributed by atoms with Crippen LogP contribution in [-0.2, 0) is 0 Å². The summed E-state index contributed by atoms with van der Waals surface area (Å²) in [4.78, 5) is 3.78. The maximum Gasteiger partial charge on any atom is 0.180 e. The van der Waals surface area contributed by atoms with Crippen molar-refractivity contribution in [2.45, 2.75) is 0 Å². The first-order valence-corrected chi connectivity index (χ1v) is 3.82. The smallest absolute Gasteiger partial charge is 0.180 e. The molecular weight excluding hydrogens is 146 g/mol. The minimum absolute atomic E-state index is 0.574. The molecule has 0 heterocycles. The third-order valence-corrected chi connectivity index (χ3v) is 1.77. The van der Waals surface area contributed by atoms with Crippen LogP contribution in [-0.4, -0.2) is 18.3 Å². The van der Waals surface area contributed by atoms with E-state index in [1.807, 2.05) is 12.1 Å². The molecule has 0 aliphatic carbocycles. The summed E-state index contributed by atoms with van der Waals surface area (Å²) in [5, 5.41) is 17.4. The molecule has 0 unspecified atom stereocenters. The summed E-state index contributed by atoms with van der Waals surface area (Å²) in [7, 11) is 1.58. The molecule has 0 aromatic heterocycles. The van der Waals surface area contributed by atoms with Crippen LogP contribution in [0, 0.1) is 28.6 Å². The molecule has 3 nitrogen and oxygen atoms in total. The maximum atomic E-state index is 8.39. The molecule has 0 aliphatic heterocycles. The van der Waals surface area contributed by atoms with Crippen molar-refractivity contribution in [2.75, 3.05) is 13.3 Å². The first-order chi connectivity index (χ1) is 4.79. The first-order valence-electron chi connectivity index (χ1n) is 2.60. The fourth-order valence-electron chi connectivity index (χ4n) is 0.478. The van der Waals surface area contributed by atoms with E-state index in [0.29, 0.717) is 5.04 Å². The van der Waals surface area contributed by atoms with Gasteiger partial charge in [0.25, 0.3) is 0 Å². The topological polar surface area (TPSA) is 59.9 Å². The van der Waals surface area contributed by atoms with Crippen molar-refractivity contribution in [3.05, 3.63) is 0 Å². The summed E-state index contributed by atoms with van der Waals surface area (Å²) in [6.07, 6.45) is 1.80. The number of nitriles is 2. The van der Waals surface area contributed by atoms with Crippen LogP contribution in [0.15, 0.2) is 4.99 Å². The lowest BCUT2D eigenvalue weighted by atomic mass is 10.2. The van der Waals surface area contributed by atoms with Gasteiger partial charge in [0.2, 0.25) is 0 Å². The predicted molar refractivity (Wildman–Crippen MR) is 41.6 cm³/mol. The van der Waals surface area contributed by atoms with E-state index in [2.05, 4.69) is 4.99 Å². The average molecular weight is 153 g/mol. The van der Waals surface area contributed by atoms with Crippen molar-refractivity contribution in [2.24, 2.45) is 10.9 Å². The number of rotatable bonds is 1. The number of aliphatic imine (C=N–C) groups is 1. The SMILES string of the molecule is CN=C(SC)C(C#N)C#N. The minimum Gasteiger partial charge on any atom is -0.284 e. The molecule has 4 heteroatoms. The zero-order valence-electron chi connectivity index (χ0n) is 5.83. The van der Waals surface area contributed by atoms with E-state index in [4.69, 9.17) is 10.5 Å². The lowest BCUT2D eigenvalue weighted by molar-refractivity contribution is 1.16. The predicted octanol–water partition coefficient (Wildman–Crippen LogP) is 1.04. The van der Waals surface area contributed by atoms with Crippen molar-refractivity contribution in [1.29, 1.82) is 10.5 Å². The molecule has 0 N–H and O–H groups in total. The Morgan fingerprint density at radius 3 is 2.10 bits per heavy atom. The monoisotopic (exact) mass is 153 g/mol. The van der Waals surface area contributed by atoms with E-state index in [-0.39, 0.29) is 0 Å². The fraction of sp³-hybridized carbons (Fsp3) is 0.500. The van der Waals surface area contributed by atoms with Gasteiger partial charge in [-0.05, 0) is 6.26 Å². The Bertz CT molecular complexity index is 194. The van der Waals surface area contributed by atoms with Crippen LogP contribution in [0.5, 0.6) is 0 Å². The summed E-state index contributed by atoms with van der Waals surface area (Å²) >= 11 is 1.33. The van der Waals surface area contributed by atoms with Gasteiger partial charge in [-0.3, -0.25) is 4.99 Å². The Labute approximate surface area is 64.4 Å². The summed E-state index contributed by atoms with van der Waals surface area (Å²) in [5.41, 5.74) is 0. The van der Waals surface area contributed by atoms with E-state index in [9.17, 15) is 0 Å². The third kappa shape index (κ3) is 2.08. The Balaban J connectivity index is 4.34. The van der Waals surface area contributed by atoms with E-state index in [1.54, 1.807) is 13.3 Å². The van der Waals surface area contributed by atoms with Crippen LogP contribution in [0.3, 0.4) is 0 Å². The van der Waals surface area contributed by atoms with Crippen molar-refractivity contribution in [3.63, 3.8) is 0 Å². The van der Waals surface area contributed by atoms with E-state index < -0.39 is 5.92 Å². The Morgan fingerprint density at radius 2 is 2.00 bits per heavy atom.